The number of aryl methyl sites for hydroxylation is 1. The molecule has 3 nitrogen and oxygen atoms in total. The van der Waals surface area contributed by atoms with E-state index in [4.69, 9.17) is 17.3 Å². The fraction of sp³-hybridized carbons (Fsp3) is 0.0625. The van der Waals surface area contributed by atoms with E-state index in [9.17, 15) is 0 Å². The number of benzene rings is 2. The fourth-order valence-corrected chi connectivity index (χ4v) is 2.38. The van der Waals surface area contributed by atoms with Gasteiger partial charge in [-0.25, -0.2) is 0 Å². The summed E-state index contributed by atoms with van der Waals surface area (Å²) in [6, 6.07) is 15.9. The lowest BCUT2D eigenvalue weighted by atomic mass is 10.00. The van der Waals surface area contributed by atoms with Crippen molar-refractivity contribution in [2.75, 3.05) is 5.73 Å². The van der Waals surface area contributed by atoms with E-state index in [1.807, 2.05) is 55.5 Å². The molecule has 0 fully saturated rings. The number of nitrogens with two attached hydrogens (primary N) is 1. The number of anilines is 1. The number of aromatic nitrogens is 2. The predicted molar refractivity (Wildman–Crippen MR) is 83.6 cm³/mol. The summed E-state index contributed by atoms with van der Waals surface area (Å²) in [6.45, 7) is 1.98. The Hall–Kier alpha value is -2.26. The third kappa shape index (κ3) is 2.17. The van der Waals surface area contributed by atoms with Crippen molar-refractivity contribution in [1.29, 1.82) is 0 Å². The van der Waals surface area contributed by atoms with Gasteiger partial charge < -0.3 is 5.73 Å². The van der Waals surface area contributed by atoms with Gasteiger partial charge >= 0.3 is 0 Å². The smallest absolute Gasteiger partial charge is 0.153 e. The van der Waals surface area contributed by atoms with Gasteiger partial charge in [-0.3, -0.25) is 5.10 Å². The molecule has 0 aliphatic rings. The van der Waals surface area contributed by atoms with Crippen LogP contribution in [0.1, 0.15) is 5.56 Å². The van der Waals surface area contributed by atoms with Gasteiger partial charge in [-0.05, 0) is 30.2 Å². The van der Waals surface area contributed by atoms with Crippen LogP contribution in [-0.2, 0) is 0 Å². The molecular weight excluding hydrogens is 270 g/mol. The van der Waals surface area contributed by atoms with E-state index in [1.54, 1.807) is 0 Å². The van der Waals surface area contributed by atoms with Crippen LogP contribution in [-0.4, -0.2) is 10.2 Å². The van der Waals surface area contributed by atoms with Gasteiger partial charge in [0.2, 0.25) is 0 Å². The first-order valence-corrected chi connectivity index (χ1v) is 6.70. The molecule has 100 valence electrons. The fourth-order valence-electron chi connectivity index (χ4n) is 2.26. The Morgan fingerprint density at radius 2 is 1.80 bits per heavy atom. The minimum atomic E-state index is 0.499. The molecule has 4 heteroatoms. The second-order valence-electron chi connectivity index (χ2n) is 4.69. The number of nitrogen functional groups attached to an aromatic ring is 1. The van der Waals surface area contributed by atoms with Crippen LogP contribution in [0.2, 0.25) is 5.02 Å². The maximum atomic E-state index is 6.08. The number of nitrogens with zero attached hydrogens (tertiary/aromatic N) is 1. The van der Waals surface area contributed by atoms with Gasteiger partial charge in [0.05, 0.1) is 11.3 Å². The van der Waals surface area contributed by atoms with E-state index in [1.165, 1.54) is 0 Å². The van der Waals surface area contributed by atoms with Gasteiger partial charge in [0.1, 0.15) is 0 Å². The third-order valence-corrected chi connectivity index (χ3v) is 3.73. The topological polar surface area (TPSA) is 54.7 Å². The number of rotatable bonds is 2. The summed E-state index contributed by atoms with van der Waals surface area (Å²) in [5.74, 6) is 0.499. The molecule has 3 N–H and O–H groups in total. The molecular formula is C16H14ClN3. The van der Waals surface area contributed by atoms with Crippen molar-refractivity contribution in [1.82, 2.24) is 10.2 Å². The van der Waals surface area contributed by atoms with Crippen LogP contribution in [0.3, 0.4) is 0 Å². The van der Waals surface area contributed by atoms with Gasteiger partial charge in [-0.2, -0.15) is 5.10 Å². The van der Waals surface area contributed by atoms with E-state index < -0.39 is 0 Å². The number of nitrogens with one attached hydrogen (secondary N) is 1. The minimum Gasteiger partial charge on any atom is -0.382 e. The summed E-state index contributed by atoms with van der Waals surface area (Å²) in [7, 11) is 0. The van der Waals surface area contributed by atoms with Crippen LogP contribution in [0, 0.1) is 6.92 Å². The van der Waals surface area contributed by atoms with Gasteiger partial charge in [0.15, 0.2) is 5.82 Å². The number of hydrogen-bond acceptors (Lipinski definition) is 2. The summed E-state index contributed by atoms with van der Waals surface area (Å²) in [6.07, 6.45) is 0. The molecule has 0 atom stereocenters. The summed E-state index contributed by atoms with van der Waals surface area (Å²) in [4.78, 5) is 0. The Balaban J connectivity index is 2.18. The van der Waals surface area contributed by atoms with Crippen LogP contribution in [0.25, 0.3) is 22.4 Å². The van der Waals surface area contributed by atoms with Gasteiger partial charge in [-0.1, -0.05) is 48.0 Å². The Bertz CT molecular complexity index is 748. The number of halogens is 1. The van der Waals surface area contributed by atoms with Crippen molar-refractivity contribution < 1.29 is 0 Å². The van der Waals surface area contributed by atoms with Crippen LogP contribution < -0.4 is 5.73 Å². The first-order valence-electron chi connectivity index (χ1n) is 6.32. The summed E-state index contributed by atoms with van der Waals surface area (Å²) >= 11 is 6.08. The van der Waals surface area contributed by atoms with Gasteiger partial charge in [0.25, 0.3) is 0 Å². The average molecular weight is 284 g/mol. The molecule has 1 aromatic heterocycles. The van der Waals surface area contributed by atoms with E-state index in [0.717, 1.165) is 33.0 Å². The van der Waals surface area contributed by atoms with Crippen molar-refractivity contribution in [2.45, 2.75) is 6.92 Å². The number of aromatic amines is 1. The zero-order valence-corrected chi connectivity index (χ0v) is 11.8. The van der Waals surface area contributed by atoms with Crippen LogP contribution in [0.15, 0.2) is 48.5 Å². The molecule has 20 heavy (non-hydrogen) atoms. The molecule has 0 saturated carbocycles. The van der Waals surface area contributed by atoms with Crippen molar-refractivity contribution in [3.05, 3.63) is 59.1 Å². The lowest BCUT2D eigenvalue weighted by Gasteiger charge is -2.06. The quantitative estimate of drug-likeness (QED) is 0.737. The molecule has 0 spiro atoms. The summed E-state index contributed by atoms with van der Waals surface area (Å²) in [5, 5.41) is 7.91. The van der Waals surface area contributed by atoms with E-state index in [2.05, 4.69) is 10.2 Å². The lowest BCUT2D eigenvalue weighted by Crippen LogP contribution is -1.89. The van der Waals surface area contributed by atoms with Crippen molar-refractivity contribution in [3.8, 4) is 22.4 Å². The molecule has 0 bridgehead atoms. The van der Waals surface area contributed by atoms with Gasteiger partial charge in [-0.15, -0.1) is 0 Å². The Morgan fingerprint density at radius 1 is 1.05 bits per heavy atom. The Labute approximate surface area is 122 Å². The standard InChI is InChI=1S/C16H14ClN3/c1-10-9-12(7-8-13(10)17)15-14(16(18)20-19-15)11-5-3-2-4-6-11/h2-9H,1H3,(H3,18,19,20). The molecule has 0 unspecified atom stereocenters. The predicted octanol–water partition coefficient (Wildman–Crippen LogP) is 4.29. The molecule has 0 radical (unpaired) electrons. The van der Waals surface area contributed by atoms with E-state index in [-0.39, 0.29) is 0 Å². The Morgan fingerprint density at radius 3 is 2.50 bits per heavy atom. The zero-order chi connectivity index (χ0) is 14.1. The lowest BCUT2D eigenvalue weighted by molar-refractivity contribution is 1.10. The van der Waals surface area contributed by atoms with E-state index >= 15 is 0 Å². The number of hydrogen-bond donors (Lipinski definition) is 2. The van der Waals surface area contributed by atoms with Crippen molar-refractivity contribution >= 4 is 17.4 Å². The molecule has 0 saturated heterocycles. The van der Waals surface area contributed by atoms with Crippen LogP contribution in [0.5, 0.6) is 0 Å². The largest absolute Gasteiger partial charge is 0.382 e. The normalized spacial score (nSPS) is 10.7. The highest BCUT2D eigenvalue weighted by Gasteiger charge is 2.14. The maximum Gasteiger partial charge on any atom is 0.153 e. The molecule has 3 aromatic rings. The molecule has 1 heterocycles. The molecule has 0 aliphatic carbocycles. The summed E-state index contributed by atoms with van der Waals surface area (Å²) < 4.78 is 0. The molecule has 2 aromatic carbocycles. The van der Waals surface area contributed by atoms with Crippen LogP contribution in [0.4, 0.5) is 5.82 Å². The monoisotopic (exact) mass is 283 g/mol. The SMILES string of the molecule is Cc1cc(-c2[nH]nc(N)c2-c2ccccc2)ccc1Cl. The van der Waals surface area contributed by atoms with Crippen LogP contribution >= 0.6 is 11.6 Å². The van der Waals surface area contributed by atoms with E-state index in [0.29, 0.717) is 5.82 Å². The average Bonchev–Trinajstić information content (AvgIpc) is 2.85. The highest BCUT2D eigenvalue weighted by molar-refractivity contribution is 6.31. The van der Waals surface area contributed by atoms with Crippen molar-refractivity contribution in [3.63, 3.8) is 0 Å². The maximum absolute atomic E-state index is 6.08. The Kier molecular flexibility index (Phi) is 3.20. The number of H-pyrrole nitrogens is 1. The molecule has 3 rings (SSSR count). The third-order valence-electron chi connectivity index (χ3n) is 3.30. The second kappa shape index (κ2) is 5.02. The van der Waals surface area contributed by atoms with Crippen molar-refractivity contribution in [2.24, 2.45) is 0 Å². The zero-order valence-electron chi connectivity index (χ0n) is 11.0. The summed E-state index contributed by atoms with van der Waals surface area (Å²) in [5.41, 5.74) is 10.9. The molecule has 0 aliphatic heterocycles. The van der Waals surface area contributed by atoms with Gasteiger partial charge in [0, 0.05) is 10.6 Å². The highest BCUT2D eigenvalue weighted by Crippen LogP contribution is 2.35. The first kappa shape index (κ1) is 12.8. The highest BCUT2D eigenvalue weighted by atomic mass is 35.5. The second-order valence-corrected chi connectivity index (χ2v) is 5.10. The molecule has 0 amide bonds. The minimum absolute atomic E-state index is 0.499. The first-order chi connectivity index (χ1) is 9.66.